The van der Waals surface area contributed by atoms with Crippen LogP contribution in [0.1, 0.15) is 30.9 Å². The Morgan fingerprint density at radius 1 is 1.10 bits per heavy atom. The number of benzene rings is 2. The third-order valence-electron chi connectivity index (χ3n) is 5.38. The second kappa shape index (κ2) is 8.37. The van der Waals surface area contributed by atoms with E-state index < -0.39 is 11.6 Å². The van der Waals surface area contributed by atoms with Gasteiger partial charge in [0, 0.05) is 40.3 Å². The van der Waals surface area contributed by atoms with Gasteiger partial charge in [0.1, 0.15) is 11.2 Å². The average molecular weight is 465 g/mol. The van der Waals surface area contributed by atoms with Crippen molar-refractivity contribution in [1.29, 1.82) is 0 Å². The van der Waals surface area contributed by atoms with Gasteiger partial charge >= 0.3 is 6.18 Å². The summed E-state index contributed by atoms with van der Waals surface area (Å²) < 4.78 is 42.6. The van der Waals surface area contributed by atoms with E-state index in [1.807, 2.05) is 0 Å². The number of anilines is 1. The van der Waals surface area contributed by atoms with E-state index in [0.717, 1.165) is 5.56 Å². The third-order valence-corrected chi connectivity index (χ3v) is 6.16. The Kier molecular flexibility index (Phi) is 6.42. The average Bonchev–Trinajstić information content (AvgIpc) is 3.06. The van der Waals surface area contributed by atoms with Crippen LogP contribution in [0.5, 0.6) is 0 Å². The number of ketones is 1. The molecule has 3 rings (SSSR count). The van der Waals surface area contributed by atoms with Crippen molar-refractivity contribution >= 4 is 46.3 Å². The zero-order valence-electron chi connectivity index (χ0n) is 15.6. The number of halogens is 6. The predicted molar refractivity (Wildman–Crippen MR) is 111 cm³/mol. The molecule has 1 heterocycles. The molecule has 2 aromatic rings. The van der Waals surface area contributed by atoms with E-state index in [9.17, 15) is 18.0 Å². The van der Waals surface area contributed by atoms with Crippen molar-refractivity contribution in [2.45, 2.75) is 37.8 Å². The molecule has 0 bridgehead atoms. The third kappa shape index (κ3) is 4.68. The van der Waals surface area contributed by atoms with Gasteiger partial charge in [0.05, 0.1) is 0 Å². The Bertz CT molecular complexity index is 912. The molecule has 0 aliphatic carbocycles. The van der Waals surface area contributed by atoms with Gasteiger partial charge in [-0.25, -0.2) is 0 Å². The van der Waals surface area contributed by atoms with E-state index in [0.29, 0.717) is 23.6 Å². The lowest BCUT2D eigenvalue weighted by Crippen LogP contribution is -2.44. The van der Waals surface area contributed by atoms with Crippen LogP contribution in [-0.4, -0.2) is 25.0 Å². The molecule has 1 fully saturated rings. The Balaban J connectivity index is 1.91. The minimum atomic E-state index is -4.47. The smallest absolute Gasteiger partial charge is 0.370 e. The van der Waals surface area contributed by atoms with Gasteiger partial charge in [0.15, 0.2) is 0 Å². The molecule has 2 aromatic carbocycles. The fraction of sp³-hybridized carbons (Fsp3) is 0.381. The van der Waals surface area contributed by atoms with Gasteiger partial charge in [0.25, 0.3) is 0 Å². The summed E-state index contributed by atoms with van der Waals surface area (Å²) in [6, 6.07) is 9.27. The van der Waals surface area contributed by atoms with Gasteiger partial charge in [0.2, 0.25) is 0 Å². The van der Waals surface area contributed by atoms with E-state index in [1.165, 1.54) is 25.1 Å². The molecular formula is C21H19Cl3F3NO. The molecular weight excluding hydrogens is 446 g/mol. The highest BCUT2D eigenvalue weighted by Crippen LogP contribution is 2.49. The van der Waals surface area contributed by atoms with Gasteiger partial charge in [-0.05, 0) is 61.2 Å². The van der Waals surface area contributed by atoms with Crippen LogP contribution >= 0.6 is 34.8 Å². The van der Waals surface area contributed by atoms with Crippen molar-refractivity contribution in [3.63, 3.8) is 0 Å². The molecule has 1 atom stereocenters. The fourth-order valence-corrected chi connectivity index (χ4v) is 4.53. The number of rotatable bonds is 5. The van der Waals surface area contributed by atoms with E-state index in [-0.39, 0.29) is 40.9 Å². The standard InChI is InChI=1S/C21H19Cl3F3NO/c1-13(29)2-3-14-4-5-18(11-19(14)24)28-7-6-20(12-28,21(25,26)27)15-8-16(22)10-17(23)9-15/h4-5,8-11H,2-3,6-7,12H2,1H3. The van der Waals surface area contributed by atoms with Crippen LogP contribution in [0.2, 0.25) is 15.1 Å². The first-order valence-electron chi connectivity index (χ1n) is 9.08. The van der Waals surface area contributed by atoms with Crippen molar-refractivity contribution in [2.75, 3.05) is 18.0 Å². The highest BCUT2D eigenvalue weighted by Gasteiger charge is 2.59. The molecule has 2 nitrogen and oxygen atoms in total. The lowest BCUT2D eigenvalue weighted by atomic mass is 9.79. The molecule has 1 saturated heterocycles. The van der Waals surface area contributed by atoms with Gasteiger partial charge in [-0.2, -0.15) is 13.2 Å². The maximum atomic E-state index is 14.2. The summed E-state index contributed by atoms with van der Waals surface area (Å²) in [6.07, 6.45) is -3.71. The lowest BCUT2D eigenvalue weighted by Gasteiger charge is -2.33. The molecule has 8 heteroatoms. The molecule has 1 unspecified atom stereocenters. The Morgan fingerprint density at radius 2 is 1.76 bits per heavy atom. The van der Waals surface area contributed by atoms with Crippen molar-refractivity contribution in [3.05, 3.63) is 62.6 Å². The van der Waals surface area contributed by atoms with E-state index in [1.54, 1.807) is 23.1 Å². The minimum absolute atomic E-state index is 0.0554. The first kappa shape index (κ1) is 22.3. The van der Waals surface area contributed by atoms with Crippen LogP contribution in [0.4, 0.5) is 18.9 Å². The molecule has 29 heavy (non-hydrogen) atoms. The van der Waals surface area contributed by atoms with Crippen molar-refractivity contribution in [1.82, 2.24) is 0 Å². The first-order valence-corrected chi connectivity index (χ1v) is 10.2. The molecule has 0 saturated carbocycles. The lowest BCUT2D eigenvalue weighted by molar-refractivity contribution is -0.184. The summed E-state index contributed by atoms with van der Waals surface area (Å²) in [5.74, 6) is 0.0554. The van der Waals surface area contributed by atoms with E-state index in [4.69, 9.17) is 34.8 Å². The van der Waals surface area contributed by atoms with Gasteiger partial charge in [-0.15, -0.1) is 0 Å². The molecule has 0 N–H and O–H groups in total. The van der Waals surface area contributed by atoms with E-state index >= 15 is 0 Å². The highest BCUT2D eigenvalue weighted by atomic mass is 35.5. The maximum absolute atomic E-state index is 14.2. The SMILES string of the molecule is CC(=O)CCc1ccc(N2CCC(c3cc(Cl)cc(Cl)c3)(C(F)(F)F)C2)cc1Cl. The molecule has 0 spiro atoms. The second-order valence-corrected chi connectivity index (χ2v) is 8.67. The van der Waals surface area contributed by atoms with E-state index in [2.05, 4.69) is 0 Å². The zero-order valence-corrected chi connectivity index (χ0v) is 17.9. The normalized spacial score (nSPS) is 19.6. The number of carbonyl (C=O) groups is 1. The molecule has 1 aliphatic rings. The van der Waals surface area contributed by atoms with Gasteiger partial charge in [-0.3, -0.25) is 0 Å². The Morgan fingerprint density at radius 3 is 2.31 bits per heavy atom. The molecule has 0 amide bonds. The van der Waals surface area contributed by atoms with Crippen LogP contribution in [0.3, 0.4) is 0 Å². The summed E-state index contributed by atoms with van der Waals surface area (Å²) in [6.45, 7) is 1.47. The van der Waals surface area contributed by atoms with Gasteiger partial charge in [-0.1, -0.05) is 40.9 Å². The summed E-state index contributed by atoms with van der Waals surface area (Å²) >= 11 is 18.3. The fourth-order valence-electron chi connectivity index (χ4n) is 3.74. The van der Waals surface area contributed by atoms with Crippen LogP contribution in [0.25, 0.3) is 0 Å². The monoisotopic (exact) mass is 463 g/mol. The van der Waals surface area contributed by atoms with Gasteiger partial charge < -0.3 is 9.69 Å². The van der Waals surface area contributed by atoms with Crippen molar-refractivity contribution in [2.24, 2.45) is 0 Å². The molecule has 0 aromatic heterocycles. The van der Waals surface area contributed by atoms with Crippen molar-refractivity contribution in [3.8, 4) is 0 Å². The van der Waals surface area contributed by atoms with Crippen LogP contribution < -0.4 is 4.90 Å². The van der Waals surface area contributed by atoms with Crippen LogP contribution in [-0.2, 0) is 16.6 Å². The number of carbonyl (C=O) groups excluding carboxylic acids is 1. The summed E-state index contributed by atoms with van der Waals surface area (Å²) in [4.78, 5) is 12.8. The summed E-state index contributed by atoms with van der Waals surface area (Å²) in [5.41, 5.74) is -0.593. The number of alkyl halides is 3. The van der Waals surface area contributed by atoms with Crippen molar-refractivity contribution < 1.29 is 18.0 Å². The molecule has 156 valence electrons. The number of hydrogen-bond donors (Lipinski definition) is 0. The summed E-state index contributed by atoms with van der Waals surface area (Å²) in [7, 11) is 0. The molecule has 1 aliphatic heterocycles. The number of Topliss-reactive ketones (excluding diaryl/α,β-unsaturated/α-hetero) is 1. The number of hydrogen-bond acceptors (Lipinski definition) is 2. The predicted octanol–water partition coefficient (Wildman–Crippen LogP) is 6.88. The largest absolute Gasteiger partial charge is 0.400 e. The zero-order chi connectivity index (χ0) is 21.4. The maximum Gasteiger partial charge on any atom is 0.400 e. The molecule has 0 radical (unpaired) electrons. The van der Waals surface area contributed by atoms with Crippen LogP contribution in [0.15, 0.2) is 36.4 Å². The minimum Gasteiger partial charge on any atom is -0.370 e. The topological polar surface area (TPSA) is 20.3 Å². The highest BCUT2D eigenvalue weighted by molar-refractivity contribution is 6.34. The number of aryl methyl sites for hydroxylation is 1. The quantitative estimate of drug-likeness (QED) is 0.481. The Hall–Kier alpha value is -1.43. The number of nitrogens with zero attached hydrogens (tertiary/aromatic N) is 1. The Labute approximate surface area is 182 Å². The summed E-state index contributed by atoms with van der Waals surface area (Å²) in [5, 5.41) is 0.791. The first-order chi connectivity index (χ1) is 13.5. The van der Waals surface area contributed by atoms with Crippen LogP contribution in [0, 0.1) is 0 Å². The second-order valence-electron chi connectivity index (χ2n) is 7.39.